The summed E-state index contributed by atoms with van der Waals surface area (Å²) in [4.78, 5) is 5.00. The molecule has 17 heavy (non-hydrogen) atoms. The van der Waals surface area contributed by atoms with Gasteiger partial charge in [-0.15, -0.1) is 11.8 Å². The van der Waals surface area contributed by atoms with Gasteiger partial charge in [-0.1, -0.05) is 49.7 Å². The third-order valence-electron chi connectivity index (χ3n) is 1.99. The topological polar surface area (TPSA) is 12.4 Å². The van der Waals surface area contributed by atoms with Crippen LogP contribution in [0.25, 0.3) is 0 Å². The molecule has 0 bridgehead atoms. The van der Waals surface area contributed by atoms with E-state index in [1.54, 1.807) is 11.8 Å². The van der Waals surface area contributed by atoms with Crippen LogP contribution in [0.3, 0.4) is 0 Å². The normalized spacial score (nSPS) is 10.0. The van der Waals surface area contributed by atoms with Gasteiger partial charge in [-0.2, -0.15) is 0 Å². The van der Waals surface area contributed by atoms with Gasteiger partial charge in [-0.3, -0.25) is 4.99 Å². The fourth-order valence-electron chi connectivity index (χ4n) is 0.793. The van der Waals surface area contributed by atoms with Gasteiger partial charge in [-0.25, -0.2) is 0 Å². The third kappa shape index (κ3) is 11.2. The van der Waals surface area contributed by atoms with E-state index in [9.17, 15) is 0 Å². The zero-order valence-corrected chi connectivity index (χ0v) is 12.8. The van der Waals surface area contributed by atoms with E-state index in [2.05, 4.69) is 30.8 Å². The average Bonchev–Trinajstić information content (AvgIpc) is 2.40. The first-order chi connectivity index (χ1) is 8.11. The monoisotopic (exact) mass is 251 g/mol. The molecule has 0 heterocycles. The Morgan fingerprint density at radius 2 is 1.59 bits per heavy atom. The first-order valence-corrected chi connectivity index (χ1v) is 7.04. The van der Waals surface area contributed by atoms with Crippen LogP contribution in [-0.2, 0) is 0 Å². The van der Waals surface area contributed by atoms with Crippen LogP contribution in [0.2, 0.25) is 0 Å². The summed E-state index contributed by atoms with van der Waals surface area (Å²) in [5.41, 5.74) is 2.35. The van der Waals surface area contributed by atoms with Crippen LogP contribution in [0, 0.1) is 6.92 Å². The number of nitrogens with zero attached hydrogens (tertiary/aromatic N) is 1. The molecule has 0 saturated carbocycles. The number of thioether (sulfide) groups is 1. The predicted molar refractivity (Wildman–Crippen MR) is 84.0 cm³/mol. The van der Waals surface area contributed by atoms with E-state index < -0.39 is 0 Å². The van der Waals surface area contributed by atoms with E-state index in [-0.39, 0.29) is 0 Å². The molecule has 0 amide bonds. The van der Waals surface area contributed by atoms with Crippen LogP contribution < -0.4 is 0 Å². The molecule has 1 rings (SSSR count). The quantitative estimate of drug-likeness (QED) is 0.648. The highest BCUT2D eigenvalue weighted by Crippen LogP contribution is 2.14. The molecule has 0 N–H and O–H groups in total. The molecule has 0 aromatic heterocycles. The maximum Gasteiger partial charge on any atom is 0.0457 e. The lowest BCUT2D eigenvalue weighted by atomic mass is 10.2. The van der Waals surface area contributed by atoms with Crippen molar-refractivity contribution in [3.63, 3.8) is 0 Å². The summed E-state index contributed by atoms with van der Waals surface area (Å²) in [6, 6.07) is 10.3. The summed E-state index contributed by atoms with van der Waals surface area (Å²) in [5, 5.41) is 0. The largest absolute Gasteiger partial charge is 0.269 e. The number of hydrogen-bond donors (Lipinski definition) is 0. The number of rotatable bonds is 2. The van der Waals surface area contributed by atoms with Gasteiger partial charge in [0.15, 0.2) is 0 Å². The Hall–Kier alpha value is -1.02. The van der Waals surface area contributed by atoms with Crippen molar-refractivity contribution < 1.29 is 0 Å². The lowest BCUT2D eigenvalue weighted by Crippen LogP contribution is -1.71. The molecule has 0 aliphatic carbocycles. The average molecular weight is 251 g/mol. The minimum atomic E-state index is 1.03. The summed E-state index contributed by atoms with van der Waals surface area (Å²) in [5.74, 6) is 0. The fraction of sp³-hybridized carbons (Fsp3) is 0.400. The van der Waals surface area contributed by atoms with E-state index >= 15 is 0 Å². The molecule has 2 heteroatoms. The SMILES string of the molecule is C=N/C(C)=C(/C)SC.CC.Cc1ccccc1. The van der Waals surface area contributed by atoms with E-state index in [1.165, 1.54) is 10.5 Å². The second-order valence-corrected chi connectivity index (χ2v) is 4.18. The molecule has 1 aromatic carbocycles. The summed E-state index contributed by atoms with van der Waals surface area (Å²) in [6.45, 7) is 13.5. The molecule has 0 atom stereocenters. The second kappa shape index (κ2) is 13.0. The molecule has 0 saturated heterocycles. The van der Waals surface area contributed by atoms with Crippen molar-refractivity contribution in [3.8, 4) is 0 Å². The van der Waals surface area contributed by atoms with E-state index in [0.717, 1.165) is 5.70 Å². The summed E-state index contributed by atoms with van der Waals surface area (Å²) < 4.78 is 0. The minimum absolute atomic E-state index is 1.03. The fourth-order valence-corrected chi connectivity index (χ4v) is 1.15. The van der Waals surface area contributed by atoms with Gasteiger partial charge in [-0.05, 0) is 33.7 Å². The van der Waals surface area contributed by atoms with Crippen molar-refractivity contribution in [2.24, 2.45) is 4.99 Å². The van der Waals surface area contributed by atoms with Crippen LogP contribution in [0.1, 0.15) is 33.3 Å². The lowest BCUT2D eigenvalue weighted by Gasteiger charge is -1.94. The smallest absolute Gasteiger partial charge is 0.0457 e. The Labute approximate surface area is 111 Å². The number of allylic oxidation sites excluding steroid dienone is 2. The molecule has 0 radical (unpaired) electrons. The van der Waals surface area contributed by atoms with Crippen LogP contribution in [0.5, 0.6) is 0 Å². The van der Waals surface area contributed by atoms with Crippen LogP contribution >= 0.6 is 11.8 Å². The molecule has 1 nitrogen and oxygen atoms in total. The molecular weight excluding hydrogens is 226 g/mol. The predicted octanol–water partition coefficient (Wildman–Crippen LogP) is 5.32. The highest BCUT2D eigenvalue weighted by molar-refractivity contribution is 8.02. The van der Waals surface area contributed by atoms with Gasteiger partial charge < -0.3 is 0 Å². The number of hydrogen-bond acceptors (Lipinski definition) is 2. The molecular formula is C15H25NS. The van der Waals surface area contributed by atoms with Gasteiger partial charge in [0.1, 0.15) is 0 Å². The molecule has 0 spiro atoms. The molecule has 0 aliphatic heterocycles. The Kier molecular flexibility index (Phi) is 14.1. The Bertz CT molecular complexity index is 315. The maximum absolute atomic E-state index is 3.77. The Balaban J connectivity index is 0. The highest BCUT2D eigenvalue weighted by Gasteiger charge is 1.87. The van der Waals surface area contributed by atoms with Crippen LogP contribution in [0.15, 0.2) is 45.9 Å². The molecule has 1 aromatic rings. The lowest BCUT2D eigenvalue weighted by molar-refractivity contribution is 1.29. The van der Waals surface area contributed by atoms with Crippen molar-refractivity contribution >= 4 is 18.5 Å². The first-order valence-electron chi connectivity index (χ1n) is 5.81. The molecule has 0 aliphatic rings. The van der Waals surface area contributed by atoms with E-state index in [0.29, 0.717) is 0 Å². The van der Waals surface area contributed by atoms with Gasteiger partial charge >= 0.3 is 0 Å². The van der Waals surface area contributed by atoms with Gasteiger partial charge in [0.2, 0.25) is 0 Å². The minimum Gasteiger partial charge on any atom is -0.269 e. The maximum atomic E-state index is 3.77. The number of benzene rings is 1. The summed E-state index contributed by atoms with van der Waals surface area (Å²) in [6.07, 6.45) is 2.03. The van der Waals surface area contributed by atoms with Gasteiger partial charge in [0.05, 0.1) is 0 Å². The summed E-state index contributed by atoms with van der Waals surface area (Å²) in [7, 11) is 0. The zero-order valence-electron chi connectivity index (χ0n) is 11.9. The third-order valence-corrected chi connectivity index (χ3v) is 2.90. The van der Waals surface area contributed by atoms with Crippen LogP contribution in [0.4, 0.5) is 0 Å². The number of aryl methyl sites for hydroxylation is 1. The standard InChI is InChI=1S/C7H8.C6H11NS.C2H6/c1-7-5-3-2-4-6-7;1-5(7-3)6(2)8-4;1-2/h2-6H,1H3;3H2,1-2,4H3;1-2H3/b;6-5-;. The van der Waals surface area contributed by atoms with E-state index in [4.69, 9.17) is 0 Å². The number of aliphatic imine (C=N–C) groups is 1. The van der Waals surface area contributed by atoms with Crippen LogP contribution in [-0.4, -0.2) is 13.0 Å². The van der Waals surface area contributed by atoms with Crippen molar-refractivity contribution in [3.05, 3.63) is 46.5 Å². The van der Waals surface area contributed by atoms with E-state index in [1.807, 2.05) is 52.1 Å². The first kappa shape index (κ1) is 18.3. The Morgan fingerprint density at radius 3 is 1.76 bits per heavy atom. The zero-order chi connectivity index (χ0) is 13.7. The molecule has 96 valence electrons. The van der Waals surface area contributed by atoms with Gasteiger partial charge in [0.25, 0.3) is 0 Å². The molecule has 0 fully saturated rings. The highest BCUT2D eigenvalue weighted by atomic mass is 32.2. The van der Waals surface area contributed by atoms with Crippen molar-refractivity contribution in [1.82, 2.24) is 0 Å². The van der Waals surface area contributed by atoms with Crippen molar-refractivity contribution in [2.45, 2.75) is 34.6 Å². The summed E-state index contributed by atoms with van der Waals surface area (Å²) >= 11 is 1.70. The Morgan fingerprint density at radius 1 is 1.12 bits per heavy atom. The van der Waals surface area contributed by atoms with Crippen molar-refractivity contribution in [2.75, 3.05) is 6.26 Å². The van der Waals surface area contributed by atoms with Crippen molar-refractivity contribution in [1.29, 1.82) is 0 Å². The van der Waals surface area contributed by atoms with Gasteiger partial charge in [0, 0.05) is 10.6 Å². The second-order valence-electron chi connectivity index (χ2n) is 3.16. The molecule has 0 unspecified atom stereocenters.